The topological polar surface area (TPSA) is 75.3 Å². The molecule has 2 N–H and O–H groups in total. The monoisotopic (exact) mass is 404 g/mol. The minimum atomic E-state index is -3.78. The number of hydrogen-bond donors (Lipinski definition) is 2. The van der Waals surface area contributed by atoms with E-state index in [1.807, 2.05) is 0 Å². The Kier molecular flexibility index (Phi) is 5.43. The van der Waals surface area contributed by atoms with Crippen molar-refractivity contribution in [2.45, 2.75) is 4.90 Å². The molecule has 1 amide bonds. The van der Waals surface area contributed by atoms with Gasteiger partial charge in [0.15, 0.2) is 0 Å². The van der Waals surface area contributed by atoms with Gasteiger partial charge in [-0.2, -0.15) is 0 Å². The Bertz CT molecular complexity index is 1050. The summed E-state index contributed by atoms with van der Waals surface area (Å²) in [5.74, 6) is -0.862. The lowest BCUT2D eigenvalue weighted by molar-refractivity contribution is 0.102. The highest BCUT2D eigenvalue weighted by atomic mass is 35.5. The molecule has 0 fully saturated rings. The van der Waals surface area contributed by atoms with E-state index in [1.54, 1.807) is 24.3 Å². The molecule has 0 aromatic heterocycles. The van der Waals surface area contributed by atoms with E-state index >= 15 is 0 Å². The summed E-state index contributed by atoms with van der Waals surface area (Å²) in [6, 6.07) is 17.0. The van der Waals surface area contributed by atoms with Gasteiger partial charge in [0.2, 0.25) is 0 Å². The van der Waals surface area contributed by atoms with Crippen molar-refractivity contribution >= 4 is 38.9 Å². The van der Waals surface area contributed by atoms with Crippen LogP contribution >= 0.6 is 11.6 Å². The fourth-order valence-electron chi connectivity index (χ4n) is 2.25. The summed E-state index contributed by atoms with van der Waals surface area (Å²) in [7, 11) is -3.78. The quantitative estimate of drug-likeness (QED) is 0.655. The van der Waals surface area contributed by atoms with Crippen molar-refractivity contribution in [3.8, 4) is 0 Å². The van der Waals surface area contributed by atoms with E-state index in [1.165, 1.54) is 48.5 Å². The zero-order valence-corrected chi connectivity index (χ0v) is 15.4. The van der Waals surface area contributed by atoms with Gasteiger partial charge in [0.25, 0.3) is 15.9 Å². The highest BCUT2D eigenvalue weighted by Gasteiger charge is 2.14. The first kappa shape index (κ1) is 18.9. The second-order valence-electron chi connectivity index (χ2n) is 5.60. The number of carbonyl (C=O) groups is 1. The smallest absolute Gasteiger partial charge is 0.261 e. The lowest BCUT2D eigenvalue weighted by Gasteiger charge is -2.10. The third-order valence-corrected chi connectivity index (χ3v) is 5.27. The summed E-state index contributed by atoms with van der Waals surface area (Å²) in [4.78, 5) is 12.1. The van der Waals surface area contributed by atoms with Gasteiger partial charge in [0.1, 0.15) is 5.82 Å². The van der Waals surface area contributed by atoms with Gasteiger partial charge in [0.05, 0.1) is 4.90 Å². The molecular formula is C19H14ClFN2O3S. The van der Waals surface area contributed by atoms with Gasteiger partial charge in [-0.1, -0.05) is 11.6 Å². The van der Waals surface area contributed by atoms with Gasteiger partial charge in [-0.05, 0) is 72.8 Å². The number of anilines is 2. The number of rotatable bonds is 5. The van der Waals surface area contributed by atoms with Crippen molar-refractivity contribution in [3.63, 3.8) is 0 Å². The molecule has 0 aliphatic heterocycles. The molecule has 3 aromatic carbocycles. The van der Waals surface area contributed by atoms with Crippen LogP contribution in [0.25, 0.3) is 0 Å². The second-order valence-corrected chi connectivity index (χ2v) is 7.72. The Morgan fingerprint density at radius 3 is 1.96 bits per heavy atom. The maximum atomic E-state index is 12.9. The third-order valence-electron chi connectivity index (χ3n) is 3.63. The molecule has 0 radical (unpaired) electrons. The molecule has 3 aromatic rings. The molecule has 0 atom stereocenters. The molecule has 27 heavy (non-hydrogen) atoms. The first-order valence-electron chi connectivity index (χ1n) is 7.79. The average molecular weight is 405 g/mol. The summed E-state index contributed by atoms with van der Waals surface area (Å²) in [5.41, 5.74) is 1.08. The number of carbonyl (C=O) groups excluding carboxylic acids is 1. The normalized spacial score (nSPS) is 11.0. The zero-order chi connectivity index (χ0) is 19.4. The van der Waals surface area contributed by atoms with Gasteiger partial charge >= 0.3 is 0 Å². The Labute approximate surface area is 160 Å². The minimum absolute atomic E-state index is 0.0391. The largest absolute Gasteiger partial charge is 0.322 e. The van der Waals surface area contributed by atoms with Crippen LogP contribution < -0.4 is 10.0 Å². The van der Waals surface area contributed by atoms with Crippen molar-refractivity contribution in [1.29, 1.82) is 0 Å². The van der Waals surface area contributed by atoms with Gasteiger partial charge in [0, 0.05) is 22.0 Å². The Morgan fingerprint density at radius 2 is 1.37 bits per heavy atom. The molecule has 0 spiro atoms. The van der Waals surface area contributed by atoms with Gasteiger partial charge in [-0.25, -0.2) is 12.8 Å². The molecule has 0 bridgehead atoms. The second kappa shape index (κ2) is 7.77. The lowest BCUT2D eigenvalue weighted by Crippen LogP contribution is -2.14. The molecule has 138 valence electrons. The van der Waals surface area contributed by atoms with E-state index in [0.29, 0.717) is 16.4 Å². The van der Waals surface area contributed by atoms with Crippen molar-refractivity contribution in [2.24, 2.45) is 0 Å². The average Bonchev–Trinajstić information content (AvgIpc) is 2.64. The van der Waals surface area contributed by atoms with E-state index in [9.17, 15) is 17.6 Å². The Hall–Kier alpha value is -2.90. The van der Waals surface area contributed by atoms with Crippen LogP contribution in [0.2, 0.25) is 5.02 Å². The molecule has 5 nitrogen and oxygen atoms in total. The summed E-state index contributed by atoms with van der Waals surface area (Å²) in [6.07, 6.45) is 0. The number of hydrogen-bond acceptors (Lipinski definition) is 3. The number of amides is 1. The summed E-state index contributed by atoms with van der Waals surface area (Å²) >= 11 is 5.78. The SMILES string of the molecule is O=C(Nc1ccc(S(=O)(=O)Nc2ccc(Cl)cc2)cc1)c1ccc(F)cc1. The molecule has 0 aliphatic rings. The molecule has 0 saturated carbocycles. The van der Waals surface area contributed by atoms with Crippen molar-refractivity contribution in [3.05, 3.63) is 89.2 Å². The van der Waals surface area contributed by atoms with E-state index in [4.69, 9.17) is 11.6 Å². The molecule has 8 heteroatoms. The third kappa shape index (κ3) is 4.84. The summed E-state index contributed by atoms with van der Waals surface area (Å²) in [6.45, 7) is 0. The molecule has 0 aliphatic carbocycles. The number of halogens is 2. The van der Waals surface area contributed by atoms with Crippen molar-refractivity contribution < 1.29 is 17.6 Å². The molecule has 0 heterocycles. The van der Waals surface area contributed by atoms with Crippen LogP contribution in [0.5, 0.6) is 0 Å². The van der Waals surface area contributed by atoms with E-state index < -0.39 is 21.7 Å². The van der Waals surface area contributed by atoms with Crippen molar-refractivity contribution in [2.75, 3.05) is 10.0 Å². The van der Waals surface area contributed by atoms with E-state index in [0.717, 1.165) is 0 Å². The van der Waals surface area contributed by atoms with Gasteiger partial charge < -0.3 is 5.32 Å². The maximum Gasteiger partial charge on any atom is 0.261 e. The molecular weight excluding hydrogens is 391 g/mol. The molecule has 0 saturated heterocycles. The Morgan fingerprint density at radius 1 is 0.815 bits per heavy atom. The summed E-state index contributed by atoms with van der Waals surface area (Å²) < 4.78 is 40.2. The summed E-state index contributed by atoms with van der Waals surface area (Å²) in [5, 5.41) is 3.12. The predicted octanol–water partition coefficient (Wildman–Crippen LogP) is 4.53. The first-order valence-corrected chi connectivity index (χ1v) is 9.65. The van der Waals surface area contributed by atoms with Crippen molar-refractivity contribution in [1.82, 2.24) is 0 Å². The standard InChI is InChI=1S/C19H14ClFN2O3S/c20-14-3-7-17(8-4-14)23-27(25,26)18-11-9-16(10-12-18)22-19(24)13-1-5-15(21)6-2-13/h1-12,23H,(H,22,24). The van der Waals surface area contributed by atoms with Crippen LogP contribution in [0.3, 0.4) is 0 Å². The zero-order valence-electron chi connectivity index (χ0n) is 13.8. The molecule has 3 rings (SSSR count). The molecule has 0 unspecified atom stereocenters. The first-order chi connectivity index (χ1) is 12.8. The van der Waals surface area contributed by atoms with E-state index in [2.05, 4.69) is 10.0 Å². The van der Waals surface area contributed by atoms with Gasteiger partial charge in [-0.3, -0.25) is 9.52 Å². The minimum Gasteiger partial charge on any atom is -0.322 e. The maximum absolute atomic E-state index is 12.9. The van der Waals surface area contributed by atoms with E-state index in [-0.39, 0.29) is 10.5 Å². The number of benzene rings is 3. The fourth-order valence-corrected chi connectivity index (χ4v) is 3.44. The predicted molar refractivity (Wildman–Crippen MR) is 103 cm³/mol. The highest BCUT2D eigenvalue weighted by Crippen LogP contribution is 2.20. The Balaban J connectivity index is 1.71. The van der Waals surface area contributed by atoms with Crippen LogP contribution in [0, 0.1) is 5.82 Å². The number of nitrogens with one attached hydrogen (secondary N) is 2. The fraction of sp³-hybridized carbons (Fsp3) is 0. The van der Waals surface area contributed by atoms with Crippen LogP contribution in [0.4, 0.5) is 15.8 Å². The van der Waals surface area contributed by atoms with Crippen LogP contribution in [-0.2, 0) is 10.0 Å². The lowest BCUT2D eigenvalue weighted by atomic mass is 10.2. The van der Waals surface area contributed by atoms with Crippen LogP contribution in [0.1, 0.15) is 10.4 Å². The number of sulfonamides is 1. The highest BCUT2D eigenvalue weighted by molar-refractivity contribution is 7.92. The van der Waals surface area contributed by atoms with Crippen LogP contribution in [0.15, 0.2) is 77.7 Å². The van der Waals surface area contributed by atoms with Crippen LogP contribution in [-0.4, -0.2) is 14.3 Å². The van der Waals surface area contributed by atoms with Gasteiger partial charge in [-0.15, -0.1) is 0 Å².